The summed E-state index contributed by atoms with van der Waals surface area (Å²) >= 11 is 3.37. The van der Waals surface area contributed by atoms with Gasteiger partial charge in [0.2, 0.25) is 5.91 Å². The van der Waals surface area contributed by atoms with E-state index in [1.807, 2.05) is 11.0 Å². The van der Waals surface area contributed by atoms with Gasteiger partial charge in [0.15, 0.2) is 0 Å². The number of fused-ring (bicyclic) bond motifs is 1. The Bertz CT molecular complexity index is 799. The molecular weight excluding hydrogens is 372 g/mol. The Morgan fingerprint density at radius 2 is 2.33 bits per heavy atom. The third-order valence-electron chi connectivity index (χ3n) is 4.35. The van der Waals surface area contributed by atoms with Gasteiger partial charge in [0.05, 0.1) is 17.2 Å². The number of nitrogens with one attached hydrogen (secondary N) is 1. The van der Waals surface area contributed by atoms with Crippen LogP contribution < -0.4 is 10.9 Å². The number of rotatable bonds is 5. The van der Waals surface area contributed by atoms with E-state index in [-0.39, 0.29) is 24.1 Å². The van der Waals surface area contributed by atoms with Gasteiger partial charge >= 0.3 is 0 Å². The third-order valence-corrected chi connectivity index (χ3v) is 4.84. The van der Waals surface area contributed by atoms with Crippen LogP contribution in [0.2, 0.25) is 0 Å². The summed E-state index contributed by atoms with van der Waals surface area (Å²) in [6, 6.07) is 5.60. The fourth-order valence-corrected chi connectivity index (χ4v) is 3.50. The first-order valence-electron chi connectivity index (χ1n) is 8.25. The first-order chi connectivity index (χ1) is 11.6. The molecule has 0 bridgehead atoms. The molecule has 0 aliphatic carbocycles. The molecule has 0 radical (unpaired) electrons. The number of halogens is 1. The maximum Gasteiger partial charge on any atom is 0.261 e. The molecule has 0 spiro atoms. The van der Waals surface area contributed by atoms with Crippen LogP contribution in [0.25, 0.3) is 10.9 Å². The van der Waals surface area contributed by atoms with Crippen molar-refractivity contribution in [2.45, 2.75) is 32.4 Å². The summed E-state index contributed by atoms with van der Waals surface area (Å²) in [5.74, 6) is -0.0243. The van der Waals surface area contributed by atoms with E-state index in [0.29, 0.717) is 17.4 Å². The molecule has 24 heavy (non-hydrogen) atoms. The van der Waals surface area contributed by atoms with Crippen LogP contribution in [0.5, 0.6) is 0 Å². The monoisotopic (exact) mass is 392 g/mol. The maximum atomic E-state index is 12.7. The normalized spacial score (nSPS) is 17.3. The fraction of sp³-hybridized carbons (Fsp3) is 0.471. The number of carbonyl (C=O) groups excluding carboxylic acids is 1. The molecule has 1 aliphatic heterocycles. The first kappa shape index (κ1) is 17.1. The molecule has 1 fully saturated rings. The molecular formula is C17H21BrN4O2. The standard InChI is InChI=1S/C17H21BrN4O2/c1-2-7-22(13-5-6-19-9-13)16(23)10-21-11-20-15-4-3-12(18)8-14(15)17(21)24/h3-4,8,11,13,19H,2,5-7,9-10H2,1H3. The lowest BCUT2D eigenvalue weighted by molar-refractivity contribution is -0.133. The van der Waals surface area contributed by atoms with Gasteiger partial charge in [-0.25, -0.2) is 4.98 Å². The zero-order valence-electron chi connectivity index (χ0n) is 13.7. The molecule has 128 valence electrons. The molecule has 1 aromatic carbocycles. The van der Waals surface area contributed by atoms with Gasteiger partial charge in [0.1, 0.15) is 6.54 Å². The molecule has 7 heteroatoms. The highest BCUT2D eigenvalue weighted by Gasteiger charge is 2.26. The first-order valence-corrected chi connectivity index (χ1v) is 9.04. The average Bonchev–Trinajstić information content (AvgIpc) is 3.09. The minimum Gasteiger partial charge on any atom is -0.337 e. The van der Waals surface area contributed by atoms with Crippen LogP contribution >= 0.6 is 15.9 Å². The number of benzene rings is 1. The number of hydrogen-bond donors (Lipinski definition) is 1. The van der Waals surface area contributed by atoms with Gasteiger partial charge in [-0.1, -0.05) is 22.9 Å². The number of aromatic nitrogens is 2. The van der Waals surface area contributed by atoms with Crippen molar-refractivity contribution in [3.63, 3.8) is 0 Å². The molecule has 3 rings (SSSR count). The van der Waals surface area contributed by atoms with Crippen LogP contribution in [0.1, 0.15) is 19.8 Å². The number of nitrogens with zero attached hydrogens (tertiary/aromatic N) is 3. The Kier molecular flexibility index (Phi) is 5.30. The molecule has 0 saturated carbocycles. The second kappa shape index (κ2) is 7.44. The van der Waals surface area contributed by atoms with E-state index in [1.165, 1.54) is 10.9 Å². The summed E-state index contributed by atoms with van der Waals surface area (Å²) in [5.41, 5.74) is 0.452. The molecule has 2 heterocycles. The molecule has 2 aromatic rings. The zero-order valence-corrected chi connectivity index (χ0v) is 15.3. The van der Waals surface area contributed by atoms with Crippen molar-refractivity contribution >= 4 is 32.7 Å². The second-order valence-electron chi connectivity index (χ2n) is 6.07. The van der Waals surface area contributed by atoms with Crippen molar-refractivity contribution in [1.82, 2.24) is 19.8 Å². The van der Waals surface area contributed by atoms with Gasteiger partial charge in [-0.2, -0.15) is 0 Å². The predicted octanol–water partition coefficient (Wildman–Crippen LogP) is 1.76. The lowest BCUT2D eigenvalue weighted by Crippen LogP contribution is -2.44. The second-order valence-corrected chi connectivity index (χ2v) is 6.99. The highest BCUT2D eigenvalue weighted by molar-refractivity contribution is 9.10. The highest BCUT2D eigenvalue weighted by Crippen LogP contribution is 2.15. The largest absolute Gasteiger partial charge is 0.337 e. The van der Waals surface area contributed by atoms with E-state index in [9.17, 15) is 9.59 Å². The van der Waals surface area contributed by atoms with Crippen molar-refractivity contribution in [3.05, 3.63) is 39.4 Å². The molecule has 1 saturated heterocycles. The summed E-state index contributed by atoms with van der Waals surface area (Å²) in [7, 11) is 0. The van der Waals surface area contributed by atoms with Gasteiger partial charge in [0.25, 0.3) is 5.56 Å². The topological polar surface area (TPSA) is 67.2 Å². The van der Waals surface area contributed by atoms with Crippen LogP contribution in [0, 0.1) is 0 Å². The van der Waals surface area contributed by atoms with Gasteiger partial charge < -0.3 is 10.2 Å². The van der Waals surface area contributed by atoms with Gasteiger partial charge in [-0.05, 0) is 37.6 Å². The Labute approximate surface area is 149 Å². The van der Waals surface area contributed by atoms with Crippen LogP contribution in [-0.4, -0.2) is 46.0 Å². The van der Waals surface area contributed by atoms with Crippen LogP contribution in [-0.2, 0) is 11.3 Å². The molecule has 1 unspecified atom stereocenters. The lowest BCUT2D eigenvalue weighted by Gasteiger charge is -2.28. The van der Waals surface area contributed by atoms with E-state index in [2.05, 4.69) is 33.2 Å². The van der Waals surface area contributed by atoms with Gasteiger partial charge in [0, 0.05) is 23.6 Å². The smallest absolute Gasteiger partial charge is 0.261 e. The highest BCUT2D eigenvalue weighted by atomic mass is 79.9. The Balaban J connectivity index is 1.86. The molecule has 1 N–H and O–H groups in total. The molecule has 1 aliphatic rings. The van der Waals surface area contributed by atoms with Crippen molar-refractivity contribution in [1.29, 1.82) is 0 Å². The summed E-state index contributed by atoms with van der Waals surface area (Å²) in [5, 5.41) is 3.81. The Morgan fingerprint density at radius 3 is 3.04 bits per heavy atom. The van der Waals surface area contributed by atoms with E-state index in [4.69, 9.17) is 0 Å². The summed E-state index contributed by atoms with van der Waals surface area (Å²) < 4.78 is 2.23. The van der Waals surface area contributed by atoms with Crippen molar-refractivity contribution in [3.8, 4) is 0 Å². The lowest BCUT2D eigenvalue weighted by atomic mass is 10.2. The molecule has 1 atom stereocenters. The predicted molar refractivity (Wildman–Crippen MR) is 97.0 cm³/mol. The Hall–Kier alpha value is -1.73. The summed E-state index contributed by atoms with van der Waals surface area (Å²) in [6.07, 6.45) is 3.33. The summed E-state index contributed by atoms with van der Waals surface area (Å²) in [4.78, 5) is 31.6. The Morgan fingerprint density at radius 1 is 1.50 bits per heavy atom. The molecule has 1 aromatic heterocycles. The van der Waals surface area contributed by atoms with E-state index in [1.54, 1.807) is 12.1 Å². The maximum absolute atomic E-state index is 12.7. The van der Waals surface area contributed by atoms with Crippen molar-refractivity contribution in [2.75, 3.05) is 19.6 Å². The van der Waals surface area contributed by atoms with Gasteiger partial charge in [-0.15, -0.1) is 0 Å². The minimum absolute atomic E-state index is 0.0243. The minimum atomic E-state index is -0.185. The quantitative estimate of drug-likeness (QED) is 0.841. The number of amides is 1. The average molecular weight is 393 g/mol. The van der Waals surface area contributed by atoms with Crippen molar-refractivity contribution < 1.29 is 4.79 Å². The number of hydrogen-bond acceptors (Lipinski definition) is 4. The fourth-order valence-electron chi connectivity index (χ4n) is 3.14. The summed E-state index contributed by atoms with van der Waals surface area (Å²) in [6.45, 7) is 4.56. The van der Waals surface area contributed by atoms with Crippen LogP contribution in [0.3, 0.4) is 0 Å². The number of carbonyl (C=O) groups is 1. The van der Waals surface area contributed by atoms with Crippen molar-refractivity contribution in [2.24, 2.45) is 0 Å². The molecule has 6 nitrogen and oxygen atoms in total. The van der Waals surface area contributed by atoms with Crippen LogP contribution in [0.4, 0.5) is 0 Å². The molecule has 1 amide bonds. The van der Waals surface area contributed by atoms with E-state index in [0.717, 1.165) is 30.4 Å². The van der Waals surface area contributed by atoms with E-state index < -0.39 is 0 Å². The SMILES string of the molecule is CCCN(C(=O)Cn1cnc2ccc(Br)cc2c1=O)C1CCNC1. The van der Waals surface area contributed by atoms with Crippen LogP contribution in [0.15, 0.2) is 33.8 Å². The van der Waals surface area contributed by atoms with E-state index >= 15 is 0 Å². The third kappa shape index (κ3) is 3.52. The van der Waals surface area contributed by atoms with Gasteiger partial charge in [-0.3, -0.25) is 14.2 Å². The zero-order chi connectivity index (χ0) is 17.1.